The van der Waals surface area contributed by atoms with Crippen molar-refractivity contribution < 1.29 is 18.0 Å². The van der Waals surface area contributed by atoms with Crippen LogP contribution in [-0.2, 0) is 17.4 Å². The van der Waals surface area contributed by atoms with E-state index in [-0.39, 0.29) is 18.2 Å². The smallest absolute Gasteiger partial charge is 0.342 e. The molecule has 1 aliphatic heterocycles. The predicted molar refractivity (Wildman–Crippen MR) is 80.1 cm³/mol. The molecule has 3 heterocycles. The highest BCUT2D eigenvalue weighted by Gasteiger charge is 2.35. The fraction of sp³-hybridized carbons (Fsp3) is 0.438. The second-order valence-electron chi connectivity index (χ2n) is 5.92. The van der Waals surface area contributed by atoms with Crippen molar-refractivity contribution in [1.82, 2.24) is 20.1 Å². The van der Waals surface area contributed by atoms with E-state index in [0.717, 1.165) is 24.5 Å². The number of carbonyl (C=O) groups is 1. The minimum Gasteiger partial charge on any atom is -0.342 e. The summed E-state index contributed by atoms with van der Waals surface area (Å²) >= 11 is 0. The predicted octanol–water partition coefficient (Wildman–Crippen LogP) is 2.77. The van der Waals surface area contributed by atoms with Crippen LogP contribution in [0, 0.1) is 0 Å². The van der Waals surface area contributed by atoms with Crippen LogP contribution < -0.4 is 0 Å². The standard InChI is InChI=1S/C16H17F3N4O/c17-16(18,19)14-8-13(21-22-14)12-4-2-6-23(10-12)15(24)7-11-3-1-5-20-9-11/h1,3,5,8-9,12H,2,4,6-7,10H2,(H,21,22)/t12-/m0/s1. The molecule has 0 aromatic carbocycles. The number of aromatic amines is 1. The Morgan fingerprint density at radius 3 is 2.92 bits per heavy atom. The number of halogens is 3. The molecule has 1 fully saturated rings. The van der Waals surface area contributed by atoms with Crippen LogP contribution in [0.25, 0.3) is 0 Å². The number of nitrogens with one attached hydrogen (secondary N) is 1. The molecule has 24 heavy (non-hydrogen) atoms. The van der Waals surface area contributed by atoms with Gasteiger partial charge in [-0.1, -0.05) is 6.07 Å². The highest BCUT2D eigenvalue weighted by Crippen LogP contribution is 2.32. The molecule has 0 radical (unpaired) electrons. The van der Waals surface area contributed by atoms with Crippen LogP contribution in [0.3, 0.4) is 0 Å². The normalized spacial score (nSPS) is 18.6. The SMILES string of the molecule is O=C(Cc1cccnc1)N1CCC[C@H](c2cc(C(F)(F)F)n[nH]2)C1. The number of amides is 1. The molecule has 1 aliphatic rings. The van der Waals surface area contributed by atoms with Crippen LogP contribution in [0.4, 0.5) is 13.2 Å². The van der Waals surface area contributed by atoms with Gasteiger partial charge in [0.1, 0.15) is 0 Å². The van der Waals surface area contributed by atoms with E-state index in [4.69, 9.17) is 0 Å². The van der Waals surface area contributed by atoms with Crippen molar-refractivity contribution in [1.29, 1.82) is 0 Å². The second-order valence-corrected chi connectivity index (χ2v) is 5.92. The Kier molecular flexibility index (Phi) is 4.55. The molecular weight excluding hydrogens is 321 g/mol. The molecule has 2 aromatic heterocycles. The first-order valence-electron chi connectivity index (χ1n) is 7.72. The minimum atomic E-state index is -4.46. The lowest BCUT2D eigenvalue weighted by Gasteiger charge is -2.32. The summed E-state index contributed by atoms with van der Waals surface area (Å²) in [6.07, 6.45) is 0.557. The zero-order chi connectivity index (χ0) is 17.2. The Balaban J connectivity index is 1.66. The zero-order valence-corrected chi connectivity index (χ0v) is 12.9. The van der Waals surface area contributed by atoms with Gasteiger partial charge in [-0.25, -0.2) is 0 Å². The van der Waals surface area contributed by atoms with Crippen molar-refractivity contribution in [2.75, 3.05) is 13.1 Å². The highest BCUT2D eigenvalue weighted by atomic mass is 19.4. The third-order valence-corrected chi connectivity index (χ3v) is 4.18. The lowest BCUT2D eigenvalue weighted by atomic mass is 9.94. The van der Waals surface area contributed by atoms with Crippen molar-refractivity contribution in [2.45, 2.75) is 31.4 Å². The van der Waals surface area contributed by atoms with E-state index in [0.29, 0.717) is 18.8 Å². The lowest BCUT2D eigenvalue weighted by molar-refractivity contribution is -0.141. The molecule has 1 saturated heterocycles. The van der Waals surface area contributed by atoms with Crippen molar-refractivity contribution >= 4 is 5.91 Å². The summed E-state index contributed by atoms with van der Waals surface area (Å²) in [6.45, 7) is 1.02. The van der Waals surface area contributed by atoms with Gasteiger partial charge in [-0.15, -0.1) is 0 Å². The van der Waals surface area contributed by atoms with Crippen molar-refractivity contribution in [3.8, 4) is 0 Å². The molecule has 2 aromatic rings. The Hall–Kier alpha value is -2.38. The first-order valence-corrected chi connectivity index (χ1v) is 7.72. The molecule has 5 nitrogen and oxygen atoms in total. The first-order chi connectivity index (χ1) is 11.4. The van der Waals surface area contributed by atoms with Gasteiger partial charge in [0.2, 0.25) is 5.91 Å². The summed E-state index contributed by atoms with van der Waals surface area (Å²) < 4.78 is 38.0. The highest BCUT2D eigenvalue weighted by molar-refractivity contribution is 5.78. The first kappa shape index (κ1) is 16.5. The number of aromatic nitrogens is 3. The Bertz CT molecular complexity index is 699. The van der Waals surface area contributed by atoms with Gasteiger partial charge in [0.15, 0.2) is 5.69 Å². The molecule has 0 unspecified atom stereocenters. The summed E-state index contributed by atoms with van der Waals surface area (Å²) in [5.74, 6) is -0.191. The molecule has 0 bridgehead atoms. The maximum Gasteiger partial charge on any atom is 0.435 e. The van der Waals surface area contributed by atoms with Crippen LogP contribution in [0.15, 0.2) is 30.6 Å². The fourth-order valence-corrected chi connectivity index (χ4v) is 2.94. The maximum atomic E-state index is 12.7. The second kappa shape index (κ2) is 6.62. The van der Waals surface area contributed by atoms with Crippen LogP contribution in [0.2, 0.25) is 0 Å². The van der Waals surface area contributed by atoms with Gasteiger partial charge in [0.05, 0.1) is 6.42 Å². The number of hydrogen-bond donors (Lipinski definition) is 1. The number of pyridine rings is 1. The van der Waals surface area contributed by atoms with E-state index in [1.165, 1.54) is 0 Å². The Morgan fingerprint density at radius 1 is 1.42 bits per heavy atom. The number of piperidine rings is 1. The molecule has 0 spiro atoms. The molecule has 1 N–H and O–H groups in total. The largest absolute Gasteiger partial charge is 0.435 e. The quantitative estimate of drug-likeness (QED) is 0.936. The lowest BCUT2D eigenvalue weighted by Crippen LogP contribution is -2.40. The van der Waals surface area contributed by atoms with E-state index in [2.05, 4.69) is 15.2 Å². The number of rotatable bonds is 3. The molecule has 0 saturated carbocycles. The minimum absolute atomic E-state index is 0.0386. The van der Waals surface area contributed by atoms with E-state index >= 15 is 0 Å². The third-order valence-electron chi connectivity index (χ3n) is 4.18. The summed E-state index contributed by atoms with van der Waals surface area (Å²) in [5, 5.41) is 5.81. The Labute approximate surface area is 136 Å². The van der Waals surface area contributed by atoms with Crippen LogP contribution in [-0.4, -0.2) is 39.1 Å². The van der Waals surface area contributed by atoms with E-state index in [9.17, 15) is 18.0 Å². The number of H-pyrrole nitrogens is 1. The van der Waals surface area contributed by atoms with E-state index in [1.807, 2.05) is 6.07 Å². The van der Waals surface area contributed by atoms with Gasteiger partial charge in [-0.05, 0) is 30.5 Å². The van der Waals surface area contributed by atoms with Gasteiger partial charge in [0.25, 0.3) is 0 Å². The van der Waals surface area contributed by atoms with Gasteiger partial charge >= 0.3 is 6.18 Å². The van der Waals surface area contributed by atoms with Gasteiger partial charge < -0.3 is 4.90 Å². The van der Waals surface area contributed by atoms with Crippen molar-refractivity contribution in [2.24, 2.45) is 0 Å². The summed E-state index contributed by atoms with van der Waals surface area (Å²) in [5.41, 5.74) is 0.336. The monoisotopic (exact) mass is 338 g/mol. The summed E-state index contributed by atoms with van der Waals surface area (Å²) in [4.78, 5) is 18.1. The molecule has 8 heteroatoms. The molecule has 1 atom stereocenters. The van der Waals surface area contributed by atoms with Crippen LogP contribution in [0.1, 0.15) is 35.7 Å². The van der Waals surface area contributed by atoms with Crippen LogP contribution in [0.5, 0.6) is 0 Å². The summed E-state index contributed by atoms with van der Waals surface area (Å²) in [7, 11) is 0. The molecule has 128 valence electrons. The molecule has 0 aliphatic carbocycles. The van der Waals surface area contributed by atoms with Crippen molar-refractivity contribution in [3.05, 3.63) is 47.5 Å². The zero-order valence-electron chi connectivity index (χ0n) is 12.9. The van der Waals surface area contributed by atoms with Gasteiger partial charge in [-0.3, -0.25) is 14.9 Å². The third kappa shape index (κ3) is 3.74. The van der Waals surface area contributed by atoms with E-state index in [1.54, 1.807) is 23.4 Å². The maximum absolute atomic E-state index is 12.7. The number of likely N-dealkylation sites (tertiary alicyclic amines) is 1. The fourth-order valence-electron chi connectivity index (χ4n) is 2.94. The number of hydrogen-bond acceptors (Lipinski definition) is 3. The molecular formula is C16H17F3N4O. The summed E-state index contributed by atoms with van der Waals surface area (Å²) in [6, 6.07) is 4.64. The van der Waals surface area contributed by atoms with Gasteiger partial charge in [0, 0.05) is 37.1 Å². The van der Waals surface area contributed by atoms with E-state index < -0.39 is 11.9 Å². The molecule has 3 rings (SSSR count). The number of carbonyl (C=O) groups excluding carboxylic acids is 1. The average molecular weight is 338 g/mol. The Morgan fingerprint density at radius 2 is 2.25 bits per heavy atom. The topological polar surface area (TPSA) is 61.9 Å². The molecule has 1 amide bonds. The van der Waals surface area contributed by atoms with Crippen LogP contribution >= 0.6 is 0 Å². The van der Waals surface area contributed by atoms with Gasteiger partial charge in [-0.2, -0.15) is 18.3 Å². The number of alkyl halides is 3. The average Bonchev–Trinajstić information content (AvgIpc) is 3.06. The number of nitrogens with zero attached hydrogens (tertiary/aromatic N) is 3. The van der Waals surface area contributed by atoms with Crippen molar-refractivity contribution in [3.63, 3.8) is 0 Å².